The predicted octanol–water partition coefficient (Wildman–Crippen LogP) is 4.69. The summed E-state index contributed by atoms with van der Waals surface area (Å²) in [6, 6.07) is 10.0. The fourth-order valence-electron chi connectivity index (χ4n) is 1.61. The van der Waals surface area contributed by atoms with Crippen molar-refractivity contribution in [1.82, 2.24) is 9.97 Å². The van der Waals surface area contributed by atoms with Crippen LogP contribution in [-0.4, -0.2) is 9.97 Å². The summed E-state index contributed by atoms with van der Waals surface area (Å²) in [6.07, 6.45) is 0. The first-order valence-electron chi connectivity index (χ1n) is 5.16. The van der Waals surface area contributed by atoms with E-state index in [4.69, 9.17) is 11.6 Å². The van der Waals surface area contributed by atoms with Crippen LogP contribution < -0.4 is 5.32 Å². The van der Waals surface area contributed by atoms with E-state index < -0.39 is 0 Å². The van der Waals surface area contributed by atoms with Crippen molar-refractivity contribution >= 4 is 67.3 Å². The van der Waals surface area contributed by atoms with Gasteiger partial charge in [-0.2, -0.15) is 4.98 Å². The number of halogens is 2. The number of nitrogens with zero attached hydrogens (tertiary/aromatic N) is 2. The van der Waals surface area contributed by atoms with E-state index in [1.54, 1.807) is 11.3 Å². The number of anilines is 2. The molecule has 90 valence electrons. The van der Waals surface area contributed by atoms with E-state index in [0.717, 1.165) is 25.3 Å². The van der Waals surface area contributed by atoms with Crippen LogP contribution in [0, 0.1) is 3.57 Å². The standard InChI is InChI=1S/C12H7ClIN3S/c13-12-16-10(7-5-6-18-11(7)17-12)15-9-4-2-1-3-8(9)14/h1-6H,(H,15,16,17). The molecule has 2 heterocycles. The number of fused-ring (bicyclic) bond motifs is 1. The van der Waals surface area contributed by atoms with Gasteiger partial charge in [-0.15, -0.1) is 11.3 Å². The van der Waals surface area contributed by atoms with Gasteiger partial charge in [0.1, 0.15) is 10.6 Å². The van der Waals surface area contributed by atoms with Crippen LogP contribution in [0.15, 0.2) is 35.7 Å². The second-order valence-corrected chi connectivity index (χ2v) is 5.98. The molecular weight excluding hydrogens is 381 g/mol. The summed E-state index contributed by atoms with van der Waals surface area (Å²) in [7, 11) is 0. The molecule has 3 aromatic rings. The quantitative estimate of drug-likeness (QED) is 0.512. The van der Waals surface area contributed by atoms with E-state index in [2.05, 4.69) is 37.9 Å². The molecule has 3 nitrogen and oxygen atoms in total. The third-order valence-electron chi connectivity index (χ3n) is 2.42. The van der Waals surface area contributed by atoms with E-state index >= 15 is 0 Å². The first-order valence-corrected chi connectivity index (χ1v) is 7.50. The molecule has 0 saturated heterocycles. The van der Waals surface area contributed by atoms with Crippen LogP contribution in [0.5, 0.6) is 0 Å². The second-order valence-electron chi connectivity index (χ2n) is 3.59. The summed E-state index contributed by atoms with van der Waals surface area (Å²) in [4.78, 5) is 9.34. The van der Waals surface area contributed by atoms with Crippen LogP contribution in [0.25, 0.3) is 10.2 Å². The maximum absolute atomic E-state index is 5.93. The molecule has 0 amide bonds. The Morgan fingerprint density at radius 1 is 1.17 bits per heavy atom. The van der Waals surface area contributed by atoms with Gasteiger partial charge in [0, 0.05) is 3.57 Å². The molecule has 0 unspecified atom stereocenters. The van der Waals surface area contributed by atoms with Gasteiger partial charge in [-0.1, -0.05) is 12.1 Å². The zero-order valence-corrected chi connectivity index (χ0v) is 12.8. The Hall–Kier alpha value is -0.920. The molecule has 0 radical (unpaired) electrons. The van der Waals surface area contributed by atoms with Crippen molar-refractivity contribution in [2.24, 2.45) is 0 Å². The fourth-order valence-corrected chi connectivity index (χ4v) is 3.12. The molecule has 0 spiro atoms. The van der Waals surface area contributed by atoms with Crippen LogP contribution in [0.2, 0.25) is 5.28 Å². The van der Waals surface area contributed by atoms with Crippen molar-refractivity contribution in [2.75, 3.05) is 5.32 Å². The van der Waals surface area contributed by atoms with Crippen molar-refractivity contribution < 1.29 is 0 Å². The molecule has 0 fully saturated rings. The second kappa shape index (κ2) is 4.99. The highest BCUT2D eigenvalue weighted by Gasteiger charge is 2.09. The Morgan fingerprint density at radius 3 is 2.83 bits per heavy atom. The summed E-state index contributed by atoms with van der Waals surface area (Å²) >= 11 is 9.76. The van der Waals surface area contributed by atoms with E-state index in [1.807, 2.05) is 35.7 Å². The Kier molecular flexibility index (Phi) is 3.36. The highest BCUT2D eigenvalue weighted by molar-refractivity contribution is 14.1. The van der Waals surface area contributed by atoms with E-state index in [0.29, 0.717) is 0 Å². The lowest BCUT2D eigenvalue weighted by Gasteiger charge is -2.08. The van der Waals surface area contributed by atoms with Gasteiger partial charge in [0.25, 0.3) is 0 Å². The summed E-state index contributed by atoms with van der Waals surface area (Å²) in [5.41, 5.74) is 1.01. The number of nitrogens with one attached hydrogen (secondary N) is 1. The highest BCUT2D eigenvalue weighted by atomic mass is 127. The van der Waals surface area contributed by atoms with Gasteiger partial charge < -0.3 is 5.32 Å². The van der Waals surface area contributed by atoms with Crippen molar-refractivity contribution in [3.8, 4) is 0 Å². The van der Waals surface area contributed by atoms with Crippen molar-refractivity contribution in [3.63, 3.8) is 0 Å². The summed E-state index contributed by atoms with van der Waals surface area (Å²) in [5.74, 6) is 0.746. The minimum atomic E-state index is 0.262. The van der Waals surface area contributed by atoms with Crippen LogP contribution in [0.1, 0.15) is 0 Å². The van der Waals surface area contributed by atoms with Gasteiger partial charge in [0.15, 0.2) is 0 Å². The molecule has 1 N–H and O–H groups in total. The summed E-state index contributed by atoms with van der Waals surface area (Å²) < 4.78 is 1.13. The van der Waals surface area contributed by atoms with E-state index in [1.165, 1.54) is 0 Å². The smallest absolute Gasteiger partial charge is 0.225 e. The molecule has 3 rings (SSSR count). The molecule has 6 heteroatoms. The Morgan fingerprint density at radius 2 is 2.00 bits per heavy atom. The van der Waals surface area contributed by atoms with Crippen molar-refractivity contribution in [2.45, 2.75) is 0 Å². The largest absolute Gasteiger partial charge is 0.339 e. The van der Waals surface area contributed by atoms with Gasteiger partial charge in [0.2, 0.25) is 5.28 Å². The number of hydrogen-bond acceptors (Lipinski definition) is 4. The fraction of sp³-hybridized carbons (Fsp3) is 0. The topological polar surface area (TPSA) is 37.8 Å². The zero-order valence-electron chi connectivity index (χ0n) is 9.02. The molecule has 0 aliphatic heterocycles. The number of aromatic nitrogens is 2. The molecule has 0 aliphatic carbocycles. The molecule has 2 aromatic heterocycles. The lowest BCUT2D eigenvalue weighted by molar-refractivity contribution is 1.23. The average Bonchev–Trinajstić information content (AvgIpc) is 2.80. The van der Waals surface area contributed by atoms with Crippen LogP contribution >= 0.6 is 45.5 Å². The molecule has 18 heavy (non-hydrogen) atoms. The van der Waals surface area contributed by atoms with Crippen LogP contribution in [0.4, 0.5) is 11.5 Å². The minimum Gasteiger partial charge on any atom is -0.339 e. The number of hydrogen-bond donors (Lipinski definition) is 1. The van der Waals surface area contributed by atoms with Gasteiger partial charge >= 0.3 is 0 Å². The number of rotatable bonds is 2. The third-order valence-corrected chi connectivity index (χ3v) is 4.34. The normalized spacial score (nSPS) is 10.8. The SMILES string of the molecule is Clc1nc(Nc2ccccc2I)c2ccsc2n1. The molecule has 0 saturated carbocycles. The van der Waals surface area contributed by atoms with Crippen molar-refractivity contribution in [1.29, 1.82) is 0 Å². The van der Waals surface area contributed by atoms with Gasteiger partial charge in [-0.3, -0.25) is 0 Å². The number of benzene rings is 1. The number of thiophene rings is 1. The highest BCUT2D eigenvalue weighted by Crippen LogP contribution is 2.29. The molecule has 0 bridgehead atoms. The Balaban J connectivity index is 2.10. The summed E-state index contributed by atoms with van der Waals surface area (Å²) in [5, 5.41) is 6.54. The maximum Gasteiger partial charge on any atom is 0.225 e. The maximum atomic E-state index is 5.93. The van der Waals surface area contributed by atoms with Gasteiger partial charge in [0.05, 0.1) is 11.1 Å². The van der Waals surface area contributed by atoms with Gasteiger partial charge in [-0.25, -0.2) is 4.98 Å². The molecular formula is C12H7ClIN3S. The number of para-hydroxylation sites is 1. The zero-order chi connectivity index (χ0) is 12.5. The minimum absolute atomic E-state index is 0.262. The lowest BCUT2D eigenvalue weighted by atomic mass is 10.3. The first-order chi connectivity index (χ1) is 8.74. The average molecular weight is 388 g/mol. The van der Waals surface area contributed by atoms with Crippen LogP contribution in [0.3, 0.4) is 0 Å². The van der Waals surface area contributed by atoms with Crippen LogP contribution in [-0.2, 0) is 0 Å². The Labute approximate surface area is 126 Å². The molecule has 1 aromatic carbocycles. The van der Waals surface area contributed by atoms with E-state index in [9.17, 15) is 0 Å². The molecule has 0 aliphatic rings. The third kappa shape index (κ3) is 2.30. The Bertz CT molecular complexity index is 713. The van der Waals surface area contributed by atoms with E-state index in [-0.39, 0.29) is 5.28 Å². The predicted molar refractivity (Wildman–Crippen MR) is 84.9 cm³/mol. The van der Waals surface area contributed by atoms with Gasteiger partial charge in [-0.05, 0) is 57.8 Å². The summed E-state index contributed by atoms with van der Waals surface area (Å²) in [6.45, 7) is 0. The monoisotopic (exact) mass is 387 g/mol. The van der Waals surface area contributed by atoms with Crippen molar-refractivity contribution in [3.05, 3.63) is 44.6 Å². The lowest BCUT2D eigenvalue weighted by Crippen LogP contribution is -1.97. The first kappa shape index (κ1) is 12.1. The molecule has 0 atom stereocenters.